The van der Waals surface area contributed by atoms with Gasteiger partial charge in [0.25, 0.3) is 11.6 Å². The molecule has 0 aliphatic heterocycles. The van der Waals surface area contributed by atoms with Crippen LogP contribution >= 0.6 is 43.2 Å². The van der Waals surface area contributed by atoms with E-state index in [2.05, 4.69) is 37.2 Å². The molecule has 104 valence electrons. The number of anilines is 1. The number of para-hydroxylation sites is 1. The molecule has 1 amide bonds. The van der Waals surface area contributed by atoms with E-state index in [0.29, 0.717) is 7.57 Å². The van der Waals surface area contributed by atoms with Crippen LogP contribution in [0.15, 0.2) is 31.8 Å². The standard InChI is InChI=1S/C11H5Br2FN2O3S/c12-8-4-5(10(13)20-8)11(17)15-9-6(14)2-1-3-7(9)16(18)19/h1-4H,(H,15,17). The summed E-state index contributed by atoms with van der Waals surface area (Å²) >= 11 is 7.68. The van der Waals surface area contributed by atoms with Gasteiger partial charge in [-0.3, -0.25) is 14.9 Å². The summed E-state index contributed by atoms with van der Waals surface area (Å²) in [7, 11) is 0. The van der Waals surface area contributed by atoms with Crippen molar-refractivity contribution < 1.29 is 14.1 Å². The lowest BCUT2D eigenvalue weighted by atomic mass is 10.2. The number of nitro benzene ring substituents is 1. The van der Waals surface area contributed by atoms with Crippen molar-refractivity contribution in [3.63, 3.8) is 0 Å². The van der Waals surface area contributed by atoms with Gasteiger partial charge in [0.15, 0.2) is 11.5 Å². The number of nitrogens with zero attached hydrogens (tertiary/aromatic N) is 1. The van der Waals surface area contributed by atoms with E-state index in [9.17, 15) is 19.3 Å². The van der Waals surface area contributed by atoms with Gasteiger partial charge in [-0.15, -0.1) is 11.3 Å². The Morgan fingerprint density at radius 3 is 2.65 bits per heavy atom. The van der Waals surface area contributed by atoms with Gasteiger partial charge in [0.1, 0.15) is 0 Å². The normalized spacial score (nSPS) is 10.3. The summed E-state index contributed by atoms with van der Waals surface area (Å²) in [5.74, 6) is -1.50. The van der Waals surface area contributed by atoms with Crippen LogP contribution in [0.5, 0.6) is 0 Å². The summed E-state index contributed by atoms with van der Waals surface area (Å²) in [5.41, 5.74) is -0.681. The molecular weight excluding hydrogens is 419 g/mol. The van der Waals surface area contributed by atoms with Gasteiger partial charge in [-0.1, -0.05) is 6.07 Å². The second-order valence-electron chi connectivity index (χ2n) is 3.58. The van der Waals surface area contributed by atoms with E-state index in [-0.39, 0.29) is 5.56 Å². The van der Waals surface area contributed by atoms with E-state index in [1.54, 1.807) is 0 Å². The molecule has 2 aromatic rings. The minimum absolute atomic E-state index is 0.263. The highest BCUT2D eigenvalue weighted by Gasteiger charge is 2.22. The number of benzene rings is 1. The minimum Gasteiger partial charge on any atom is -0.314 e. The molecule has 0 aliphatic rings. The van der Waals surface area contributed by atoms with E-state index >= 15 is 0 Å². The van der Waals surface area contributed by atoms with Crippen molar-refractivity contribution in [2.75, 3.05) is 5.32 Å². The van der Waals surface area contributed by atoms with Crippen LogP contribution in [-0.2, 0) is 0 Å². The van der Waals surface area contributed by atoms with Crippen molar-refractivity contribution in [1.82, 2.24) is 0 Å². The number of rotatable bonds is 3. The summed E-state index contributed by atoms with van der Waals surface area (Å²) in [6, 6.07) is 4.91. The molecular formula is C11H5Br2FN2O3S. The van der Waals surface area contributed by atoms with Gasteiger partial charge in [-0.2, -0.15) is 0 Å². The molecule has 0 aliphatic carbocycles. The maximum Gasteiger partial charge on any atom is 0.295 e. The first-order chi connectivity index (χ1) is 9.40. The van der Waals surface area contributed by atoms with Crippen LogP contribution in [0.4, 0.5) is 15.8 Å². The quantitative estimate of drug-likeness (QED) is 0.580. The fraction of sp³-hybridized carbons (Fsp3) is 0. The Bertz CT molecular complexity index is 705. The lowest BCUT2D eigenvalue weighted by molar-refractivity contribution is -0.384. The van der Waals surface area contributed by atoms with Crippen molar-refractivity contribution in [2.24, 2.45) is 0 Å². The lowest BCUT2D eigenvalue weighted by Crippen LogP contribution is -2.14. The van der Waals surface area contributed by atoms with E-state index in [1.165, 1.54) is 23.5 Å². The highest BCUT2D eigenvalue weighted by atomic mass is 79.9. The largest absolute Gasteiger partial charge is 0.314 e. The molecule has 0 fully saturated rings. The molecule has 0 bridgehead atoms. The number of carbonyl (C=O) groups excluding carboxylic acids is 1. The molecule has 1 aromatic heterocycles. The van der Waals surface area contributed by atoms with Crippen molar-refractivity contribution in [3.05, 3.63) is 53.3 Å². The molecule has 5 nitrogen and oxygen atoms in total. The van der Waals surface area contributed by atoms with Crippen LogP contribution < -0.4 is 5.32 Å². The van der Waals surface area contributed by atoms with Crippen LogP contribution in [0.25, 0.3) is 0 Å². The predicted molar refractivity (Wildman–Crippen MR) is 80.7 cm³/mol. The molecule has 0 radical (unpaired) electrons. The van der Waals surface area contributed by atoms with E-state index in [4.69, 9.17) is 0 Å². The smallest absolute Gasteiger partial charge is 0.295 e. The number of nitrogens with one attached hydrogen (secondary N) is 1. The summed E-state index contributed by atoms with van der Waals surface area (Å²) in [5, 5.41) is 13.1. The maximum absolute atomic E-state index is 13.7. The zero-order chi connectivity index (χ0) is 14.9. The Kier molecular flexibility index (Phi) is 4.51. The van der Waals surface area contributed by atoms with Crippen molar-refractivity contribution in [2.45, 2.75) is 0 Å². The van der Waals surface area contributed by atoms with Gasteiger partial charge >= 0.3 is 0 Å². The Labute approximate surface area is 133 Å². The first-order valence-electron chi connectivity index (χ1n) is 5.09. The summed E-state index contributed by atoms with van der Waals surface area (Å²) < 4.78 is 14.9. The minimum atomic E-state index is -0.863. The van der Waals surface area contributed by atoms with E-state index < -0.39 is 28.0 Å². The number of hydrogen-bond acceptors (Lipinski definition) is 4. The molecule has 1 N–H and O–H groups in total. The average Bonchev–Trinajstić information content (AvgIpc) is 2.70. The van der Waals surface area contributed by atoms with Crippen LogP contribution in [0.3, 0.4) is 0 Å². The SMILES string of the molecule is O=C(Nc1c(F)cccc1[N+](=O)[O-])c1cc(Br)sc1Br. The van der Waals surface area contributed by atoms with Gasteiger partial charge in [-0.05, 0) is 44.0 Å². The third-order valence-corrected chi connectivity index (χ3v) is 4.67. The molecule has 1 heterocycles. The molecule has 0 saturated carbocycles. The zero-order valence-electron chi connectivity index (χ0n) is 9.52. The zero-order valence-corrected chi connectivity index (χ0v) is 13.5. The summed E-state index contributed by atoms with van der Waals surface area (Å²) in [6.07, 6.45) is 0. The van der Waals surface area contributed by atoms with E-state index in [1.807, 2.05) is 0 Å². The topological polar surface area (TPSA) is 72.2 Å². The fourth-order valence-corrected chi connectivity index (χ4v) is 4.26. The fourth-order valence-electron chi connectivity index (χ4n) is 1.46. The Balaban J connectivity index is 2.37. The number of nitro groups is 1. The molecule has 0 atom stereocenters. The average molecular weight is 424 g/mol. The van der Waals surface area contributed by atoms with Gasteiger partial charge in [0, 0.05) is 6.07 Å². The molecule has 1 aromatic carbocycles. The Morgan fingerprint density at radius 1 is 1.40 bits per heavy atom. The van der Waals surface area contributed by atoms with Crippen molar-refractivity contribution >= 4 is 60.5 Å². The Morgan fingerprint density at radius 2 is 2.10 bits per heavy atom. The Hall–Kier alpha value is -1.32. The molecule has 9 heteroatoms. The van der Waals surface area contributed by atoms with Crippen molar-refractivity contribution in [3.8, 4) is 0 Å². The number of hydrogen-bond donors (Lipinski definition) is 1. The van der Waals surface area contributed by atoms with Gasteiger partial charge < -0.3 is 5.32 Å². The van der Waals surface area contributed by atoms with Gasteiger partial charge in [0.05, 0.1) is 18.1 Å². The molecule has 0 spiro atoms. The van der Waals surface area contributed by atoms with E-state index in [0.717, 1.165) is 12.1 Å². The first kappa shape index (κ1) is 15.1. The maximum atomic E-state index is 13.7. The third-order valence-electron chi connectivity index (χ3n) is 2.33. The highest BCUT2D eigenvalue weighted by molar-refractivity contribution is 9.12. The van der Waals surface area contributed by atoms with Gasteiger partial charge in [-0.25, -0.2) is 4.39 Å². The number of amides is 1. The number of carbonyl (C=O) groups is 1. The summed E-state index contributed by atoms with van der Waals surface area (Å²) in [4.78, 5) is 22.1. The summed E-state index contributed by atoms with van der Waals surface area (Å²) in [6.45, 7) is 0. The first-order valence-corrected chi connectivity index (χ1v) is 7.49. The van der Waals surface area contributed by atoms with Crippen LogP contribution in [-0.4, -0.2) is 10.8 Å². The van der Waals surface area contributed by atoms with Crippen LogP contribution in [0.1, 0.15) is 10.4 Å². The predicted octanol–water partition coefficient (Wildman–Crippen LogP) is 4.57. The highest BCUT2D eigenvalue weighted by Crippen LogP contribution is 2.33. The molecule has 0 unspecified atom stereocenters. The van der Waals surface area contributed by atoms with Crippen LogP contribution in [0.2, 0.25) is 0 Å². The number of thiophene rings is 1. The second kappa shape index (κ2) is 5.98. The third kappa shape index (κ3) is 3.05. The molecule has 20 heavy (non-hydrogen) atoms. The number of halogens is 3. The van der Waals surface area contributed by atoms with Crippen LogP contribution in [0, 0.1) is 15.9 Å². The van der Waals surface area contributed by atoms with Gasteiger partial charge in [0.2, 0.25) is 0 Å². The van der Waals surface area contributed by atoms with Crippen molar-refractivity contribution in [1.29, 1.82) is 0 Å². The second-order valence-corrected chi connectivity index (χ2v) is 7.33. The lowest BCUT2D eigenvalue weighted by Gasteiger charge is -2.06. The molecule has 0 saturated heterocycles. The molecule has 2 rings (SSSR count). The monoisotopic (exact) mass is 422 g/mol.